The van der Waals surface area contributed by atoms with Crippen molar-refractivity contribution in [3.8, 4) is 16.3 Å². The molecule has 1 atom stereocenters. The van der Waals surface area contributed by atoms with Crippen LogP contribution in [0.5, 0.6) is 5.75 Å². The molecular weight excluding hydrogens is 344 g/mol. The number of nitrogens with zero attached hydrogens (tertiary/aromatic N) is 1. The largest absolute Gasteiger partial charge is 0.497 e. The van der Waals surface area contributed by atoms with Crippen LogP contribution in [0.2, 0.25) is 0 Å². The summed E-state index contributed by atoms with van der Waals surface area (Å²) in [5, 5.41) is 3.92. The molecule has 1 amide bonds. The van der Waals surface area contributed by atoms with E-state index >= 15 is 0 Å². The minimum atomic E-state index is -0.0630. The van der Waals surface area contributed by atoms with E-state index in [-0.39, 0.29) is 11.9 Å². The predicted octanol–water partition coefficient (Wildman–Crippen LogP) is 4.57. The molecular formula is C21H22N2O2S. The number of methoxy groups -OCH3 is 1. The molecule has 0 aliphatic carbocycles. The number of carbonyl (C=O) groups excluding carboxylic acids is 1. The van der Waals surface area contributed by atoms with E-state index in [0.29, 0.717) is 4.88 Å². The van der Waals surface area contributed by atoms with Gasteiger partial charge in [0.2, 0.25) is 0 Å². The third kappa shape index (κ3) is 4.70. The van der Waals surface area contributed by atoms with E-state index in [1.54, 1.807) is 13.3 Å². The molecule has 0 saturated heterocycles. The molecule has 4 nitrogen and oxygen atoms in total. The first-order valence-electron chi connectivity index (χ1n) is 8.61. The molecule has 0 radical (unpaired) electrons. The van der Waals surface area contributed by atoms with E-state index in [1.165, 1.54) is 16.9 Å². The molecule has 26 heavy (non-hydrogen) atoms. The van der Waals surface area contributed by atoms with Crippen molar-refractivity contribution in [2.75, 3.05) is 7.11 Å². The van der Waals surface area contributed by atoms with Gasteiger partial charge in [0.1, 0.15) is 15.6 Å². The molecule has 3 aromatic rings. The van der Waals surface area contributed by atoms with Crippen molar-refractivity contribution in [1.29, 1.82) is 0 Å². The van der Waals surface area contributed by atoms with Crippen LogP contribution in [0.15, 0.2) is 60.8 Å². The van der Waals surface area contributed by atoms with Gasteiger partial charge in [-0.15, -0.1) is 11.3 Å². The highest BCUT2D eigenvalue weighted by atomic mass is 32.1. The lowest BCUT2D eigenvalue weighted by Crippen LogP contribution is -2.32. The van der Waals surface area contributed by atoms with E-state index < -0.39 is 0 Å². The molecule has 0 aliphatic heterocycles. The summed E-state index contributed by atoms with van der Waals surface area (Å²) in [5.41, 5.74) is 2.26. The lowest BCUT2D eigenvalue weighted by molar-refractivity contribution is 0.0942. The van der Waals surface area contributed by atoms with E-state index in [2.05, 4.69) is 22.4 Å². The van der Waals surface area contributed by atoms with Crippen LogP contribution in [0.4, 0.5) is 0 Å². The first-order chi connectivity index (χ1) is 12.7. The maximum atomic E-state index is 12.4. The van der Waals surface area contributed by atoms with Gasteiger partial charge < -0.3 is 10.1 Å². The average molecular weight is 366 g/mol. The molecule has 1 unspecified atom stereocenters. The zero-order chi connectivity index (χ0) is 18.4. The molecule has 1 N–H and O–H groups in total. The first-order valence-corrected chi connectivity index (χ1v) is 9.42. The van der Waals surface area contributed by atoms with Crippen molar-refractivity contribution >= 4 is 17.2 Å². The molecule has 0 aliphatic rings. The third-order valence-corrected chi connectivity index (χ3v) is 5.20. The van der Waals surface area contributed by atoms with Crippen LogP contribution in [0.3, 0.4) is 0 Å². The Morgan fingerprint density at radius 3 is 2.58 bits per heavy atom. The number of aromatic nitrogens is 1. The van der Waals surface area contributed by atoms with Crippen LogP contribution in [0.1, 0.15) is 28.6 Å². The van der Waals surface area contributed by atoms with Crippen molar-refractivity contribution in [3.63, 3.8) is 0 Å². The highest BCUT2D eigenvalue weighted by molar-refractivity contribution is 7.16. The summed E-state index contributed by atoms with van der Waals surface area (Å²) < 4.78 is 5.17. The van der Waals surface area contributed by atoms with E-state index in [9.17, 15) is 4.79 Å². The number of nitrogens with one attached hydrogen (secondary N) is 1. The maximum Gasteiger partial charge on any atom is 0.263 e. The van der Waals surface area contributed by atoms with Gasteiger partial charge in [-0.1, -0.05) is 42.5 Å². The molecule has 1 aromatic heterocycles. The lowest BCUT2D eigenvalue weighted by atomic mass is 10.1. The second-order valence-corrected chi connectivity index (χ2v) is 7.19. The quantitative estimate of drug-likeness (QED) is 0.666. The molecule has 3 rings (SSSR count). The SMILES string of the molecule is COc1ccc(CCC(C)NC(=O)c2cnc(-c3ccccc3)s2)cc1. The number of aryl methyl sites for hydroxylation is 1. The van der Waals surface area contributed by atoms with Crippen LogP contribution in [0, 0.1) is 0 Å². The maximum absolute atomic E-state index is 12.4. The standard InChI is InChI=1S/C21H22N2O2S/c1-15(8-9-16-10-12-18(25-2)13-11-16)23-20(24)19-14-22-21(26-19)17-6-4-3-5-7-17/h3-7,10-15H,8-9H2,1-2H3,(H,23,24). The van der Waals surface area contributed by atoms with Crippen LogP contribution in [-0.4, -0.2) is 24.0 Å². The van der Waals surface area contributed by atoms with E-state index in [4.69, 9.17) is 4.74 Å². The summed E-state index contributed by atoms with van der Waals surface area (Å²) in [4.78, 5) is 17.4. The molecule has 134 valence electrons. The number of benzene rings is 2. The third-order valence-electron chi connectivity index (χ3n) is 4.15. The second-order valence-electron chi connectivity index (χ2n) is 6.16. The predicted molar refractivity (Wildman–Crippen MR) is 106 cm³/mol. The average Bonchev–Trinajstić information content (AvgIpc) is 3.18. The van der Waals surface area contributed by atoms with Gasteiger partial charge in [-0.25, -0.2) is 4.98 Å². The summed E-state index contributed by atoms with van der Waals surface area (Å²) in [6.45, 7) is 2.03. The Bertz CT molecular complexity index is 844. The molecule has 5 heteroatoms. The van der Waals surface area contributed by atoms with Crippen molar-refractivity contribution < 1.29 is 9.53 Å². The van der Waals surface area contributed by atoms with Crippen LogP contribution in [-0.2, 0) is 6.42 Å². The van der Waals surface area contributed by atoms with Gasteiger partial charge in [0, 0.05) is 11.6 Å². The van der Waals surface area contributed by atoms with Crippen molar-refractivity contribution in [2.24, 2.45) is 0 Å². The van der Waals surface area contributed by atoms with Crippen molar-refractivity contribution in [1.82, 2.24) is 10.3 Å². The Balaban J connectivity index is 1.53. The van der Waals surface area contributed by atoms with Gasteiger partial charge in [0.25, 0.3) is 5.91 Å². The van der Waals surface area contributed by atoms with E-state index in [1.807, 2.05) is 49.4 Å². The first kappa shape index (κ1) is 18.1. The lowest BCUT2D eigenvalue weighted by Gasteiger charge is -2.13. The Kier molecular flexibility index (Phi) is 6.02. The number of ether oxygens (including phenoxy) is 1. The molecule has 0 fully saturated rings. The number of carbonyl (C=O) groups is 1. The van der Waals surface area contributed by atoms with Gasteiger partial charge in [-0.05, 0) is 37.5 Å². The summed E-state index contributed by atoms with van der Waals surface area (Å²) in [7, 11) is 1.66. The molecule has 0 bridgehead atoms. The highest BCUT2D eigenvalue weighted by Crippen LogP contribution is 2.24. The Labute approximate surface area is 157 Å². The van der Waals surface area contributed by atoms with Crippen molar-refractivity contribution in [2.45, 2.75) is 25.8 Å². The second kappa shape index (κ2) is 8.63. The summed E-state index contributed by atoms with van der Waals surface area (Å²) in [6, 6.07) is 18.0. The monoisotopic (exact) mass is 366 g/mol. The summed E-state index contributed by atoms with van der Waals surface area (Å²) in [5.74, 6) is 0.793. The van der Waals surface area contributed by atoms with Crippen LogP contribution < -0.4 is 10.1 Å². The number of hydrogen-bond acceptors (Lipinski definition) is 4. The Morgan fingerprint density at radius 1 is 1.15 bits per heavy atom. The van der Waals surface area contributed by atoms with Crippen LogP contribution in [0.25, 0.3) is 10.6 Å². The number of amides is 1. The van der Waals surface area contributed by atoms with Gasteiger partial charge in [-0.2, -0.15) is 0 Å². The fraction of sp³-hybridized carbons (Fsp3) is 0.238. The van der Waals surface area contributed by atoms with Gasteiger partial charge in [0.15, 0.2) is 0 Å². The van der Waals surface area contributed by atoms with E-state index in [0.717, 1.165) is 29.2 Å². The Morgan fingerprint density at radius 2 is 1.88 bits per heavy atom. The highest BCUT2D eigenvalue weighted by Gasteiger charge is 2.14. The Hall–Kier alpha value is -2.66. The minimum absolute atomic E-state index is 0.0630. The fourth-order valence-corrected chi connectivity index (χ4v) is 3.46. The normalized spacial score (nSPS) is 11.8. The topological polar surface area (TPSA) is 51.2 Å². The zero-order valence-corrected chi connectivity index (χ0v) is 15.8. The zero-order valence-electron chi connectivity index (χ0n) is 14.9. The number of hydrogen-bond donors (Lipinski definition) is 1. The van der Waals surface area contributed by atoms with Gasteiger partial charge in [-0.3, -0.25) is 4.79 Å². The summed E-state index contributed by atoms with van der Waals surface area (Å²) >= 11 is 1.42. The summed E-state index contributed by atoms with van der Waals surface area (Å²) in [6.07, 6.45) is 3.43. The minimum Gasteiger partial charge on any atom is -0.497 e. The number of rotatable bonds is 7. The van der Waals surface area contributed by atoms with Crippen LogP contribution >= 0.6 is 11.3 Å². The fourth-order valence-electron chi connectivity index (χ4n) is 2.64. The molecule has 1 heterocycles. The van der Waals surface area contributed by atoms with Gasteiger partial charge >= 0.3 is 0 Å². The van der Waals surface area contributed by atoms with Gasteiger partial charge in [0.05, 0.1) is 13.3 Å². The van der Waals surface area contributed by atoms with Crippen molar-refractivity contribution in [3.05, 3.63) is 71.2 Å². The number of thiazole rings is 1. The molecule has 0 spiro atoms. The molecule has 0 saturated carbocycles. The molecule has 2 aromatic carbocycles. The smallest absolute Gasteiger partial charge is 0.263 e.